The maximum absolute atomic E-state index is 13.1. The van der Waals surface area contributed by atoms with Crippen molar-refractivity contribution in [2.24, 2.45) is 0 Å². The molecule has 27 heavy (non-hydrogen) atoms. The van der Waals surface area contributed by atoms with Gasteiger partial charge in [-0.1, -0.05) is 23.5 Å². The maximum Gasteiger partial charge on any atom is 0.298 e. The summed E-state index contributed by atoms with van der Waals surface area (Å²) in [6.07, 6.45) is 4.83. The minimum atomic E-state index is -0.271. The largest absolute Gasteiger partial charge is 0.494 e. The molecule has 0 radical (unpaired) electrons. The fraction of sp³-hybridized carbons (Fsp3) is 0.250. The fourth-order valence-electron chi connectivity index (χ4n) is 2.99. The molecule has 0 fully saturated rings. The number of carbonyl (C=O) groups excluding carboxylic acids is 1. The van der Waals surface area contributed by atoms with Gasteiger partial charge in [0, 0.05) is 12.4 Å². The van der Waals surface area contributed by atoms with Gasteiger partial charge in [0.25, 0.3) is 5.91 Å². The quantitative estimate of drug-likeness (QED) is 0.689. The molecule has 0 saturated carbocycles. The molecular weight excluding hydrogens is 362 g/mol. The van der Waals surface area contributed by atoms with Gasteiger partial charge in [0.2, 0.25) is 5.76 Å². The third-order valence-corrected chi connectivity index (χ3v) is 5.24. The molecule has 0 atom stereocenters. The van der Waals surface area contributed by atoms with E-state index in [0.29, 0.717) is 24.9 Å². The number of pyridine rings is 1. The molecule has 4 rings (SSSR count). The number of nitrogens with zero attached hydrogens (tertiary/aromatic N) is 3. The van der Waals surface area contributed by atoms with Crippen molar-refractivity contribution in [1.29, 1.82) is 0 Å². The first-order chi connectivity index (χ1) is 13.1. The predicted octanol–water partition coefficient (Wildman–Crippen LogP) is 3.73. The first-order valence-corrected chi connectivity index (χ1v) is 9.46. The van der Waals surface area contributed by atoms with Gasteiger partial charge in [-0.15, -0.1) is 0 Å². The third-order valence-electron chi connectivity index (χ3n) is 4.22. The van der Waals surface area contributed by atoms with E-state index in [1.54, 1.807) is 17.3 Å². The van der Waals surface area contributed by atoms with Crippen LogP contribution in [0.2, 0.25) is 0 Å². The molecule has 1 aliphatic heterocycles. The number of fused-ring (bicyclic) bond motifs is 1. The van der Waals surface area contributed by atoms with Crippen LogP contribution in [0.3, 0.4) is 0 Å². The average molecular weight is 381 g/mol. The zero-order valence-electron chi connectivity index (χ0n) is 15.1. The van der Waals surface area contributed by atoms with Crippen LogP contribution in [-0.4, -0.2) is 29.1 Å². The second kappa shape index (κ2) is 7.36. The number of rotatable bonds is 4. The normalized spacial score (nSPS) is 13.6. The van der Waals surface area contributed by atoms with Crippen LogP contribution in [0, 0.1) is 13.8 Å². The summed E-state index contributed by atoms with van der Waals surface area (Å²) in [5.41, 5.74) is 4.10. The van der Waals surface area contributed by atoms with Crippen LogP contribution in [-0.2, 0) is 20.8 Å². The number of amides is 1. The molecule has 0 bridgehead atoms. The summed E-state index contributed by atoms with van der Waals surface area (Å²) in [7, 11) is 0. The maximum atomic E-state index is 13.1. The third kappa shape index (κ3) is 3.64. The first-order valence-electron chi connectivity index (χ1n) is 8.65. The number of carbonyl (C=O) groups is 1. The molecule has 0 unspecified atom stereocenters. The van der Waals surface area contributed by atoms with E-state index < -0.39 is 0 Å². The molecular formula is C20H19N3O3S. The highest BCUT2D eigenvalue weighted by Crippen LogP contribution is 2.33. The molecule has 3 aromatic rings. The molecule has 2 aromatic heterocycles. The summed E-state index contributed by atoms with van der Waals surface area (Å²) in [5, 5.41) is 0.627. The fourth-order valence-corrected chi connectivity index (χ4v) is 4.13. The summed E-state index contributed by atoms with van der Waals surface area (Å²) in [4.78, 5) is 23.6. The van der Waals surface area contributed by atoms with Crippen LogP contribution in [0.4, 0.5) is 5.13 Å². The van der Waals surface area contributed by atoms with Gasteiger partial charge in [-0.05, 0) is 42.7 Å². The Hall–Kier alpha value is -2.93. The Balaban J connectivity index is 1.76. The highest BCUT2D eigenvalue weighted by Gasteiger charge is 2.26. The van der Waals surface area contributed by atoms with Gasteiger partial charge in [0.15, 0.2) is 5.13 Å². The second-order valence-electron chi connectivity index (χ2n) is 6.38. The topological polar surface area (TPSA) is 64.6 Å². The number of hydrogen-bond acceptors (Lipinski definition) is 6. The van der Waals surface area contributed by atoms with Gasteiger partial charge >= 0.3 is 0 Å². The van der Waals surface area contributed by atoms with Crippen molar-refractivity contribution in [2.75, 3.05) is 18.1 Å². The summed E-state index contributed by atoms with van der Waals surface area (Å²) in [5.74, 6) is -0.0794. The molecule has 0 spiro atoms. The number of thiazole rings is 1. The van der Waals surface area contributed by atoms with Crippen molar-refractivity contribution in [1.82, 2.24) is 9.97 Å². The van der Waals surface area contributed by atoms with Crippen molar-refractivity contribution in [3.8, 4) is 0 Å². The molecule has 6 nitrogen and oxygen atoms in total. The summed E-state index contributed by atoms with van der Waals surface area (Å²) < 4.78 is 11.8. The van der Waals surface area contributed by atoms with Crippen molar-refractivity contribution in [3.05, 3.63) is 65.4 Å². The molecule has 0 aliphatic carbocycles. The number of ether oxygens (including phenoxy) is 2. The molecule has 0 N–H and O–H groups in total. The van der Waals surface area contributed by atoms with Crippen molar-refractivity contribution in [2.45, 2.75) is 20.4 Å². The van der Waals surface area contributed by atoms with E-state index in [1.807, 2.05) is 19.1 Å². The zero-order valence-corrected chi connectivity index (χ0v) is 16.0. The van der Waals surface area contributed by atoms with E-state index in [0.717, 1.165) is 21.3 Å². The first kappa shape index (κ1) is 17.5. The van der Waals surface area contributed by atoms with E-state index in [1.165, 1.54) is 23.2 Å². The van der Waals surface area contributed by atoms with Crippen LogP contribution in [0.25, 0.3) is 10.2 Å². The minimum Gasteiger partial charge on any atom is -0.494 e. The number of aromatic nitrogens is 2. The number of benzene rings is 1. The Kier molecular flexibility index (Phi) is 4.77. The van der Waals surface area contributed by atoms with Crippen LogP contribution >= 0.6 is 11.3 Å². The lowest BCUT2D eigenvalue weighted by Gasteiger charge is -2.23. The second-order valence-corrected chi connectivity index (χ2v) is 7.39. The van der Waals surface area contributed by atoms with Crippen molar-refractivity contribution >= 4 is 32.6 Å². The molecule has 138 valence electrons. The average Bonchev–Trinajstić information content (AvgIpc) is 3.11. The van der Waals surface area contributed by atoms with Crippen LogP contribution in [0.1, 0.15) is 16.7 Å². The van der Waals surface area contributed by atoms with Gasteiger partial charge < -0.3 is 9.47 Å². The molecule has 1 amide bonds. The highest BCUT2D eigenvalue weighted by molar-refractivity contribution is 7.22. The van der Waals surface area contributed by atoms with Gasteiger partial charge in [-0.2, -0.15) is 0 Å². The van der Waals surface area contributed by atoms with Crippen molar-refractivity contribution < 1.29 is 14.3 Å². The Labute approximate surface area is 161 Å². The van der Waals surface area contributed by atoms with Crippen LogP contribution in [0.15, 0.2) is 48.7 Å². The van der Waals surface area contributed by atoms with Gasteiger partial charge in [-0.3, -0.25) is 14.7 Å². The molecule has 1 aliphatic rings. The summed E-state index contributed by atoms with van der Waals surface area (Å²) in [6, 6.07) is 7.97. The molecule has 7 heteroatoms. The smallest absolute Gasteiger partial charge is 0.298 e. The van der Waals surface area contributed by atoms with E-state index in [2.05, 4.69) is 24.0 Å². The SMILES string of the molecule is Cc1cc(C)c2nc(N(Cc3cccnc3)C(=O)C3=COCCO3)sc2c1. The lowest BCUT2D eigenvalue weighted by atomic mass is 10.1. The van der Waals surface area contributed by atoms with E-state index in [-0.39, 0.29) is 11.7 Å². The number of aryl methyl sites for hydroxylation is 2. The summed E-state index contributed by atoms with van der Waals surface area (Å²) >= 11 is 1.50. The van der Waals surface area contributed by atoms with E-state index in [9.17, 15) is 4.79 Å². The Morgan fingerprint density at radius 2 is 2.19 bits per heavy atom. The van der Waals surface area contributed by atoms with Crippen LogP contribution in [0.5, 0.6) is 0 Å². The Morgan fingerprint density at radius 1 is 1.30 bits per heavy atom. The molecule has 0 saturated heterocycles. The number of anilines is 1. The van der Waals surface area contributed by atoms with Gasteiger partial charge in [-0.25, -0.2) is 4.98 Å². The monoisotopic (exact) mass is 381 g/mol. The van der Waals surface area contributed by atoms with Crippen LogP contribution < -0.4 is 4.90 Å². The van der Waals surface area contributed by atoms with Gasteiger partial charge in [0.05, 0.1) is 16.8 Å². The summed E-state index contributed by atoms with van der Waals surface area (Å²) in [6.45, 7) is 5.25. The molecule has 1 aromatic carbocycles. The minimum absolute atomic E-state index is 0.192. The lowest BCUT2D eigenvalue weighted by molar-refractivity contribution is -0.119. The van der Waals surface area contributed by atoms with E-state index in [4.69, 9.17) is 14.5 Å². The Morgan fingerprint density at radius 3 is 2.93 bits per heavy atom. The highest BCUT2D eigenvalue weighted by atomic mass is 32.1. The molecule has 3 heterocycles. The number of hydrogen-bond donors (Lipinski definition) is 0. The van der Waals surface area contributed by atoms with Gasteiger partial charge in [0.1, 0.15) is 19.5 Å². The van der Waals surface area contributed by atoms with E-state index >= 15 is 0 Å². The van der Waals surface area contributed by atoms with Crippen molar-refractivity contribution in [3.63, 3.8) is 0 Å². The standard InChI is InChI=1S/C20H19N3O3S/c1-13-8-14(2)18-17(9-13)27-20(22-18)23(11-15-4-3-5-21-10-15)19(24)16-12-25-6-7-26-16/h3-5,8-10,12H,6-7,11H2,1-2H3. The Bertz CT molecular complexity index is 1010. The predicted molar refractivity (Wildman–Crippen MR) is 105 cm³/mol. The zero-order chi connectivity index (χ0) is 18.8. The lowest BCUT2D eigenvalue weighted by Crippen LogP contribution is -2.33.